The van der Waals surface area contributed by atoms with E-state index in [1.165, 1.54) is 5.56 Å². The first kappa shape index (κ1) is 12.0. The van der Waals surface area contributed by atoms with Crippen LogP contribution in [0.5, 0.6) is 5.75 Å². The number of nitrogens with zero attached hydrogens (tertiary/aromatic N) is 3. The zero-order valence-electron chi connectivity index (χ0n) is 10.2. The minimum absolute atomic E-state index is 0.124. The predicted molar refractivity (Wildman–Crippen MR) is 68.0 cm³/mol. The highest BCUT2D eigenvalue weighted by atomic mass is 16.5. The smallest absolute Gasteiger partial charge is 0.145 e. The molecule has 1 aliphatic heterocycles. The molecule has 4 heteroatoms. The monoisotopic (exact) mass is 239 g/mol. The van der Waals surface area contributed by atoms with E-state index in [1.54, 1.807) is 13.3 Å². The molecule has 0 fully saturated rings. The van der Waals surface area contributed by atoms with Gasteiger partial charge in [0.05, 0.1) is 7.11 Å². The first-order valence-electron chi connectivity index (χ1n) is 5.74. The van der Waals surface area contributed by atoms with Gasteiger partial charge in [-0.15, -0.1) is 0 Å². The zero-order valence-corrected chi connectivity index (χ0v) is 10.2. The second-order valence-corrected chi connectivity index (χ2v) is 4.06. The SMILES string of the molecule is COc1ccc2c(c1)CCCN2C=C(C#N)C#N. The molecule has 0 radical (unpaired) electrons. The normalized spacial score (nSPS) is 12.9. The summed E-state index contributed by atoms with van der Waals surface area (Å²) in [5.74, 6) is 0.834. The Kier molecular flexibility index (Phi) is 3.50. The van der Waals surface area contributed by atoms with E-state index >= 15 is 0 Å². The average Bonchev–Trinajstić information content (AvgIpc) is 2.44. The lowest BCUT2D eigenvalue weighted by Crippen LogP contribution is -2.24. The van der Waals surface area contributed by atoms with Crippen LogP contribution in [0.3, 0.4) is 0 Å². The first-order valence-corrected chi connectivity index (χ1v) is 5.74. The molecular formula is C14H13N3O. The van der Waals surface area contributed by atoms with Crippen LogP contribution in [0.4, 0.5) is 5.69 Å². The Hall–Kier alpha value is -2.46. The molecule has 2 rings (SSSR count). The van der Waals surface area contributed by atoms with E-state index in [0.29, 0.717) is 0 Å². The van der Waals surface area contributed by atoms with Crippen molar-refractivity contribution in [2.24, 2.45) is 0 Å². The molecule has 0 spiro atoms. The van der Waals surface area contributed by atoms with Crippen LogP contribution in [0.15, 0.2) is 30.0 Å². The average molecular weight is 239 g/mol. The third-order valence-corrected chi connectivity index (χ3v) is 2.97. The first-order chi connectivity index (χ1) is 8.78. The Balaban J connectivity index is 2.38. The summed E-state index contributed by atoms with van der Waals surface area (Å²) in [6.07, 6.45) is 3.61. The Bertz CT molecular complexity index is 547. The van der Waals surface area contributed by atoms with Crippen molar-refractivity contribution >= 4 is 5.69 Å². The number of ether oxygens (including phenoxy) is 1. The second kappa shape index (κ2) is 5.25. The molecule has 1 aromatic carbocycles. The molecule has 0 aliphatic carbocycles. The number of hydrogen-bond donors (Lipinski definition) is 0. The van der Waals surface area contributed by atoms with E-state index in [2.05, 4.69) is 0 Å². The zero-order chi connectivity index (χ0) is 13.0. The lowest BCUT2D eigenvalue weighted by molar-refractivity contribution is 0.414. The number of rotatable bonds is 2. The van der Waals surface area contributed by atoms with Gasteiger partial charge in [-0.3, -0.25) is 0 Å². The molecule has 0 amide bonds. The van der Waals surface area contributed by atoms with Crippen molar-refractivity contribution in [3.63, 3.8) is 0 Å². The molecule has 0 aromatic heterocycles. The number of hydrogen-bond acceptors (Lipinski definition) is 4. The number of nitriles is 2. The summed E-state index contributed by atoms with van der Waals surface area (Å²) in [5.41, 5.74) is 2.36. The Labute approximate surface area is 106 Å². The van der Waals surface area contributed by atoms with Gasteiger partial charge >= 0.3 is 0 Å². The quantitative estimate of drug-likeness (QED) is 0.743. The van der Waals surface area contributed by atoms with E-state index in [0.717, 1.165) is 30.8 Å². The van der Waals surface area contributed by atoms with Crippen LogP contribution in [0.1, 0.15) is 12.0 Å². The molecule has 0 saturated carbocycles. The van der Waals surface area contributed by atoms with Crippen molar-refractivity contribution in [2.45, 2.75) is 12.8 Å². The van der Waals surface area contributed by atoms with Crippen LogP contribution >= 0.6 is 0 Å². The number of methoxy groups -OCH3 is 1. The van der Waals surface area contributed by atoms with Gasteiger partial charge in [-0.1, -0.05) is 0 Å². The topological polar surface area (TPSA) is 60.0 Å². The van der Waals surface area contributed by atoms with Crippen molar-refractivity contribution in [1.82, 2.24) is 0 Å². The molecule has 4 nitrogen and oxygen atoms in total. The fourth-order valence-electron chi connectivity index (χ4n) is 2.10. The molecule has 18 heavy (non-hydrogen) atoms. The highest BCUT2D eigenvalue weighted by Gasteiger charge is 2.16. The molecule has 0 N–H and O–H groups in total. The van der Waals surface area contributed by atoms with Gasteiger partial charge in [-0.25, -0.2) is 0 Å². The Morgan fingerprint density at radius 1 is 1.39 bits per heavy atom. The maximum absolute atomic E-state index is 8.80. The molecule has 90 valence electrons. The fourth-order valence-corrected chi connectivity index (χ4v) is 2.10. The number of anilines is 1. The lowest BCUT2D eigenvalue weighted by Gasteiger charge is -2.28. The van der Waals surface area contributed by atoms with Crippen molar-refractivity contribution < 1.29 is 4.74 Å². The van der Waals surface area contributed by atoms with E-state index < -0.39 is 0 Å². The third-order valence-electron chi connectivity index (χ3n) is 2.97. The number of benzene rings is 1. The van der Waals surface area contributed by atoms with Crippen LogP contribution in [0, 0.1) is 22.7 Å². The number of allylic oxidation sites excluding steroid dienone is 1. The molecule has 0 saturated heterocycles. The summed E-state index contributed by atoms with van der Waals surface area (Å²) in [7, 11) is 1.64. The van der Waals surface area contributed by atoms with Gasteiger partial charge in [-0.05, 0) is 36.6 Å². The summed E-state index contributed by atoms with van der Waals surface area (Å²) >= 11 is 0. The van der Waals surface area contributed by atoms with Gasteiger partial charge in [0.2, 0.25) is 0 Å². The minimum atomic E-state index is 0.124. The maximum atomic E-state index is 8.80. The fraction of sp³-hybridized carbons (Fsp3) is 0.286. The van der Waals surface area contributed by atoms with Gasteiger partial charge in [0.25, 0.3) is 0 Å². The molecule has 1 heterocycles. The summed E-state index contributed by atoms with van der Waals surface area (Å²) in [4.78, 5) is 1.96. The van der Waals surface area contributed by atoms with Gasteiger partial charge < -0.3 is 9.64 Å². The van der Waals surface area contributed by atoms with Gasteiger partial charge in [-0.2, -0.15) is 10.5 Å². The van der Waals surface area contributed by atoms with Gasteiger partial charge in [0, 0.05) is 18.4 Å². The predicted octanol–water partition coefficient (Wildman–Crippen LogP) is 2.38. The molecular weight excluding hydrogens is 226 g/mol. The van der Waals surface area contributed by atoms with E-state index in [4.69, 9.17) is 15.3 Å². The highest BCUT2D eigenvalue weighted by molar-refractivity contribution is 5.61. The van der Waals surface area contributed by atoms with Gasteiger partial charge in [0.1, 0.15) is 23.5 Å². The Morgan fingerprint density at radius 3 is 2.83 bits per heavy atom. The van der Waals surface area contributed by atoms with E-state index in [1.807, 2.05) is 35.2 Å². The van der Waals surface area contributed by atoms with Crippen LogP contribution in [-0.2, 0) is 6.42 Å². The highest BCUT2D eigenvalue weighted by Crippen LogP contribution is 2.30. The second-order valence-electron chi connectivity index (χ2n) is 4.06. The van der Waals surface area contributed by atoms with Crippen molar-refractivity contribution in [3.8, 4) is 17.9 Å². The summed E-state index contributed by atoms with van der Waals surface area (Å²) in [5, 5.41) is 17.6. The third kappa shape index (κ3) is 2.28. The number of aryl methyl sites for hydroxylation is 1. The van der Waals surface area contributed by atoms with Crippen molar-refractivity contribution in [3.05, 3.63) is 35.5 Å². The standard InChI is InChI=1S/C14H13N3O/c1-18-13-4-5-14-12(7-13)3-2-6-17(14)10-11(8-15)9-16/h4-5,7,10H,2-3,6H2,1H3. The minimum Gasteiger partial charge on any atom is -0.497 e. The summed E-state index contributed by atoms with van der Waals surface area (Å²) < 4.78 is 5.20. The molecule has 1 aliphatic rings. The van der Waals surface area contributed by atoms with Crippen LogP contribution in [-0.4, -0.2) is 13.7 Å². The molecule has 0 unspecified atom stereocenters. The summed E-state index contributed by atoms with van der Waals surface area (Å²) in [6, 6.07) is 9.64. The maximum Gasteiger partial charge on any atom is 0.145 e. The van der Waals surface area contributed by atoms with Gasteiger partial charge in [0.15, 0.2) is 0 Å². The van der Waals surface area contributed by atoms with Crippen LogP contribution < -0.4 is 9.64 Å². The van der Waals surface area contributed by atoms with Crippen LogP contribution in [0.25, 0.3) is 0 Å². The summed E-state index contributed by atoms with van der Waals surface area (Å²) in [6.45, 7) is 0.826. The number of fused-ring (bicyclic) bond motifs is 1. The molecule has 0 bridgehead atoms. The molecule has 0 atom stereocenters. The van der Waals surface area contributed by atoms with E-state index in [9.17, 15) is 0 Å². The van der Waals surface area contributed by atoms with E-state index in [-0.39, 0.29) is 5.57 Å². The van der Waals surface area contributed by atoms with Crippen molar-refractivity contribution in [2.75, 3.05) is 18.6 Å². The largest absolute Gasteiger partial charge is 0.497 e. The van der Waals surface area contributed by atoms with Crippen LogP contribution in [0.2, 0.25) is 0 Å². The molecule has 1 aromatic rings. The Morgan fingerprint density at radius 2 is 2.17 bits per heavy atom. The lowest BCUT2D eigenvalue weighted by atomic mass is 10.0. The van der Waals surface area contributed by atoms with Crippen molar-refractivity contribution in [1.29, 1.82) is 10.5 Å².